The number of benzene rings is 1. The molecule has 0 aromatic heterocycles. The Morgan fingerprint density at radius 1 is 1.29 bits per heavy atom. The van der Waals surface area contributed by atoms with Crippen molar-refractivity contribution in [1.82, 2.24) is 4.90 Å². The molecule has 0 aliphatic carbocycles. The van der Waals surface area contributed by atoms with Crippen molar-refractivity contribution in [2.24, 2.45) is 0 Å². The van der Waals surface area contributed by atoms with Gasteiger partial charge in [0.05, 0.1) is 7.11 Å². The van der Waals surface area contributed by atoms with Crippen molar-refractivity contribution in [2.45, 2.75) is 0 Å². The van der Waals surface area contributed by atoms with Gasteiger partial charge in [0.25, 0.3) is 0 Å². The maximum Gasteiger partial charge on any atom is 0.180 e. The van der Waals surface area contributed by atoms with Crippen molar-refractivity contribution in [2.75, 3.05) is 21.2 Å². The van der Waals surface area contributed by atoms with E-state index in [1.165, 1.54) is 12.2 Å². The summed E-state index contributed by atoms with van der Waals surface area (Å²) in [6.45, 7) is 0. The van der Waals surface area contributed by atoms with Crippen molar-refractivity contribution < 1.29 is 9.53 Å². The summed E-state index contributed by atoms with van der Waals surface area (Å²) in [5.41, 5.74) is 0.941. The van der Waals surface area contributed by atoms with Crippen LogP contribution in [0, 0.1) is 0 Å². The smallest absolute Gasteiger partial charge is 0.180 e. The molecule has 0 N–H and O–H groups in total. The van der Waals surface area contributed by atoms with Gasteiger partial charge >= 0.3 is 0 Å². The summed E-state index contributed by atoms with van der Waals surface area (Å²) in [6, 6.07) is 7.55. The van der Waals surface area contributed by atoms with Gasteiger partial charge in [-0.1, -0.05) is 18.2 Å². The number of hydrogen-bond acceptors (Lipinski definition) is 3. The van der Waals surface area contributed by atoms with Crippen LogP contribution in [-0.4, -0.2) is 31.9 Å². The van der Waals surface area contributed by atoms with Gasteiger partial charge in [0.2, 0.25) is 0 Å². The van der Waals surface area contributed by atoms with E-state index in [0.717, 1.165) is 11.3 Å². The number of carbonyl (C=O) groups is 1. The number of carbonyl (C=O) groups excluding carboxylic acids is 1. The highest BCUT2D eigenvalue weighted by molar-refractivity contribution is 6.01. The third-order valence-electron chi connectivity index (χ3n) is 2.07. The number of hydrogen-bond donors (Lipinski definition) is 0. The number of rotatable bonds is 5. The van der Waals surface area contributed by atoms with E-state index < -0.39 is 0 Å². The first-order valence-electron chi connectivity index (χ1n) is 5.32. The zero-order chi connectivity index (χ0) is 12.7. The maximum atomic E-state index is 11.4. The van der Waals surface area contributed by atoms with Gasteiger partial charge in [0.15, 0.2) is 5.78 Å². The molecule has 1 rings (SSSR count). The zero-order valence-corrected chi connectivity index (χ0v) is 10.4. The van der Waals surface area contributed by atoms with E-state index >= 15 is 0 Å². The minimum atomic E-state index is -0.0403. The molecule has 0 saturated carbocycles. The Morgan fingerprint density at radius 3 is 2.71 bits per heavy atom. The van der Waals surface area contributed by atoms with Gasteiger partial charge in [-0.25, -0.2) is 0 Å². The Morgan fingerprint density at radius 2 is 2.06 bits per heavy atom. The molecule has 90 valence electrons. The van der Waals surface area contributed by atoms with E-state index in [9.17, 15) is 4.79 Å². The Labute approximate surface area is 102 Å². The number of methoxy groups -OCH3 is 1. The van der Waals surface area contributed by atoms with Gasteiger partial charge in [0.1, 0.15) is 5.75 Å². The number of ketones is 1. The average molecular weight is 231 g/mol. The molecule has 17 heavy (non-hydrogen) atoms. The summed E-state index contributed by atoms with van der Waals surface area (Å²) in [5, 5.41) is 0. The second kappa shape index (κ2) is 6.53. The monoisotopic (exact) mass is 231 g/mol. The number of nitrogens with zero attached hydrogens (tertiary/aromatic N) is 1. The highest BCUT2D eigenvalue weighted by Crippen LogP contribution is 2.13. The predicted octanol–water partition coefficient (Wildman–Crippen LogP) is 2.35. The number of allylic oxidation sites excluding steroid dienone is 2. The summed E-state index contributed by atoms with van der Waals surface area (Å²) in [4.78, 5) is 13.3. The van der Waals surface area contributed by atoms with E-state index in [1.54, 1.807) is 19.4 Å². The van der Waals surface area contributed by atoms with Crippen LogP contribution in [0.2, 0.25) is 0 Å². The molecular weight excluding hydrogens is 214 g/mol. The third-order valence-corrected chi connectivity index (χ3v) is 2.07. The van der Waals surface area contributed by atoms with Gasteiger partial charge in [-0.05, 0) is 23.8 Å². The van der Waals surface area contributed by atoms with Gasteiger partial charge in [-0.2, -0.15) is 0 Å². The summed E-state index contributed by atoms with van der Waals surface area (Å²) >= 11 is 0. The highest BCUT2D eigenvalue weighted by atomic mass is 16.5. The molecule has 1 aromatic rings. The van der Waals surface area contributed by atoms with Crippen molar-refractivity contribution >= 4 is 11.9 Å². The van der Waals surface area contributed by atoms with Crippen molar-refractivity contribution in [3.63, 3.8) is 0 Å². The second-order valence-corrected chi connectivity index (χ2v) is 3.79. The molecule has 0 aliphatic rings. The van der Waals surface area contributed by atoms with Crippen LogP contribution in [-0.2, 0) is 4.79 Å². The minimum Gasteiger partial charge on any atom is -0.497 e. The van der Waals surface area contributed by atoms with E-state index in [4.69, 9.17) is 4.74 Å². The summed E-state index contributed by atoms with van der Waals surface area (Å²) in [7, 11) is 5.36. The van der Waals surface area contributed by atoms with Crippen LogP contribution in [0.5, 0.6) is 5.75 Å². The van der Waals surface area contributed by atoms with E-state index in [0.29, 0.717) is 0 Å². The lowest BCUT2D eigenvalue weighted by atomic mass is 10.2. The molecule has 0 bridgehead atoms. The van der Waals surface area contributed by atoms with Gasteiger partial charge < -0.3 is 9.64 Å². The molecule has 0 radical (unpaired) electrons. The van der Waals surface area contributed by atoms with E-state index in [1.807, 2.05) is 43.3 Å². The third kappa shape index (κ3) is 5.02. The lowest BCUT2D eigenvalue weighted by Crippen LogP contribution is -2.01. The summed E-state index contributed by atoms with van der Waals surface area (Å²) < 4.78 is 5.10. The molecular formula is C14H17NO2. The quantitative estimate of drug-likeness (QED) is 0.728. The van der Waals surface area contributed by atoms with Crippen molar-refractivity contribution in [1.29, 1.82) is 0 Å². The van der Waals surface area contributed by atoms with E-state index in [2.05, 4.69) is 0 Å². The standard InChI is InChI=1S/C14H17NO2/c1-15(2)10-9-13(16)8-7-12-5-4-6-14(11-12)17-3/h4-11H,1-3H3/b8-7+,10-9+. The molecule has 0 heterocycles. The van der Waals surface area contributed by atoms with Crippen LogP contribution in [0.25, 0.3) is 6.08 Å². The maximum absolute atomic E-state index is 11.4. The topological polar surface area (TPSA) is 29.5 Å². The fraction of sp³-hybridized carbons (Fsp3) is 0.214. The normalized spacial score (nSPS) is 11.0. The first-order chi connectivity index (χ1) is 8.11. The molecule has 1 aromatic carbocycles. The highest BCUT2D eigenvalue weighted by Gasteiger charge is 1.93. The molecule has 0 amide bonds. The molecule has 0 aliphatic heterocycles. The first kappa shape index (κ1) is 13.0. The van der Waals surface area contributed by atoms with Crippen molar-refractivity contribution in [3.05, 3.63) is 48.2 Å². The largest absolute Gasteiger partial charge is 0.497 e. The van der Waals surface area contributed by atoms with Crippen LogP contribution in [0.15, 0.2) is 42.6 Å². The van der Waals surface area contributed by atoms with Gasteiger partial charge in [-0.3, -0.25) is 4.79 Å². The molecule has 3 nitrogen and oxygen atoms in total. The Kier molecular flexibility index (Phi) is 5.01. The minimum absolute atomic E-state index is 0.0403. The Bertz CT molecular complexity index is 434. The van der Waals surface area contributed by atoms with Crippen LogP contribution >= 0.6 is 0 Å². The number of ether oxygens (including phenoxy) is 1. The lowest BCUT2D eigenvalue weighted by Gasteiger charge is -2.01. The first-order valence-corrected chi connectivity index (χ1v) is 5.32. The summed E-state index contributed by atoms with van der Waals surface area (Å²) in [6.07, 6.45) is 6.55. The van der Waals surface area contributed by atoms with Crippen LogP contribution in [0.1, 0.15) is 5.56 Å². The Balaban J connectivity index is 2.66. The molecule has 0 spiro atoms. The zero-order valence-electron chi connectivity index (χ0n) is 10.4. The average Bonchev–Trinajstić information content (AvgIpc) is 2.34. The van der Waals surface area contributed by atoms with E-state index in [-0.39, 0.29) is 5.78 Å². The fourth-order valence-electron chi connectivity index (χ4n) is 1.20. The molecule has 3 heteroatoms. The fourth-order valence-corrected chi connectivity index (χ4v) is 1.20. The lowest BCUT2D eigenvalue weighted by molar-refractivity contribution is -0.110. The summed E-state index contributed by atoms with van der Waals surface area (Å²) in [5.74, 6) is 0.741. The van der Waals surface area contributed by atoms with Crippen molar-refractivity contribution in [3.8, 4) is 5.75 Å². The molecule has 0 fully saturated rings. The van der Waals surface area contributed by atoms with Crippen LogP contribution in [0.3, 0.4) is 0 Å². The van der Waals surface area contributed by atoms with Gasteiger partial charge in [-0.15, -0.1) is 0 Å². The second-order valence-electron chi connectivity index (χ2n) is 3.79. The van der Waals surface area contributed by atoms with Crippen LogP contribution in [0.4, 0.5) is 0 Å². The van der Waals surface area contributed by atoms with Gasteiger partial charge in [0, 0.05) is 26.4 Å². The molecule has 0 atom stereocenters. The van der Waals surface area contributed by atoms with Crippen LogP contribution < -0.4 is 4.74 Å². The Hall–Kier alpha value is -2.03. The predicted molar refractivity (Wildman–Crippen MR) is 69.9 cm³/mol. The SMILES string of the molecule is COc1cccc(/C=C/C(=O)/C=C/N(C)C)c1. The molecule has 0 saturated heterocycles. The molecule has 0 unspecified atom stereocenters.